The van der Waals surface area contributed by atoms with Crippen LogP contribution in [0.3, 0.4) is 0 Å². The van der Waals surface area contributed by atoms with Crippen LogP contribution >= 0.6 is 15.9 Å². The molecule has 0 saturated heterocycles. The van der Waals surface area contributed by atoms with Crippen LogP contribution in [0.25, 0.3) is 5.69 Å². The van der Waals surface area contributed by atoms with Crippen molar-refractivity contribution in [2.45, 2.75) is 19.9 Å². The van der Waals surface area contributed by atoms with Crippen LogP contribution in [0.15, 0.2) is 53.0 Å². The Morgan fingerprint density at radius 2 is 1.77 bits per heavy atom. The molecule has 0 spiro atoms. The fourth-order valence-corrected chi connectivity index (χ4v) is 3.77. The number of likely N-dealkylation sites (N-methyl/N-ethyl adjacent to an activating group) is 1. The van der Waals surface area contributed by atoms with E-state index in [9.17, 15) is 4.79 Å². The summed E-state index contributed by atoms with van der Waals surface area (Å²) in [4.78, 5) is 15.1. The van der Waals surface area contributed by atoms with Gasteiger partial charge in [0.2, 0.25) is 0 Å². The summed E-state index contributed by atoms with van der Waals surface area (Å²) in [5.74, 6) is 0.695. The number of aryl methyl sites for hydroxylation is 1. The molecular formula is C23H27BrN4O2. The summed E-state index contributed by atoms with van der Waals surface area (Å²) in [6.45, 7) is 4.27. The lowest BCUT2D eigenvalue weighted by Gasteiger charge is -2.25. The Balaban J connectivity index is 1.78. The van der Waals surface area contributed by atoms with Crippen molar-refractivity contribution >= 4 is 21.8 Å². The highest BCUT2D eigenvalue weighted by molar-refractivity contribution is 9.10. The van der Waals surface area contributed by atoms with Gasteiger partial charge < -0.3 is 15.0 Å². The van der Waals surface area contributed by atoms with E-state index in [4.69, 9.17) is 4.74 Å². The van der Waals surface area contributed by atoms with Gasteiger partial charge in [-0.25, -0.2) is 4.68 Å². The Morgan fingerprint density at radius 3 is 2.33 bits per heavy atom. The summed E-state index contributed by atoms with van der Waals surface area (Å²) in [5, 5.41) is 7.68. The van der Waals surface area contributed by atoms with E-state index in [0.29, 0.717) is 17.8 Å². The van der Waals surface area contributed by atoms with Crippen molar-refractivity contribution in [2.24, 2.45) is 0 Å². The van der Waals surface area contributed by atoms with Gasteiger partial charge in [0.15, 0.2) is 0 Å². The second-order valence-electron chi connectivity index (χ2n) is 7.40. The molecule has 1 heterocycles. The highest BCUT2D eigenvalue weighted by Crippen LogP contribution is 2.22. The van der Waals surface area contributed by atoms with Crippen LogP contribution in [-0.2, 0) is 0 Å². The van der Waals surface area contributed by atoms with E-state index in [1.807, 2.05) is 81.2 Å². The monoisotopic (exact) mass is 470 g/mol. The number of aromatic nitrogens is 2. The van der Waals surface area contributed by atoms with Crippen LogP contribution in [0.4, 0.5) is 0 Å². The maximum atomic E-state index is 13.0. The molecule has 0 saturated carbocycles. The van der Waals surface area contributed by atoms with Crippen LogP contribution < -0.4 is 10.1 Å². The first-order valence-electron chi connectivity index (χ1n) is 9.72. The topological polar surface area (TPSA) is 59.4 Å². The maximum absolute atomic E-state index is 13.0. The Hall–Kier alpha value is -2.64. The molecule has 1 aromatic heterocycles. The van der Waals surface area contributed by atoms with Crippen LogP contribution in [0.5, 0.6) is 5.75 Å². The zero-order valence-electron chi connectivity index (χ0n) is 17.9. The predicted octanol–water partition coefficient (Wildman–Crippen LogP) is 4.29. The molecule has 158 valence electrons. The molecule has 7 heteroatoms. The standard InChI is InChI=1S/C23H27BrN4O2/c1-15-22(16(2)28(26-15)19-10-8-18(24)9-11-19)23(29)25-14-21(27(3)4)17-6-12-20(30-5)13-7-17/h6-13,21H,14H2,1-5H3,(H,25,29). The average Bonchev–Trinajstić information content (AvgIpc) is 3.03. The lowest BCUT2D eigenvalue weighted by atomic mass is 10.1. The number of hydrogen-bond acceptors (Lipinski definition) is 4. The van der Waals surface area contributed by atoms with Gasteiger partial charge in [0, 0.05) is 11.0 Å². The number of hydrogen-bond donors (Lipinski definition) is 1. The number of amides is 1. The van der Waals surface area contributed by atoms with E-state index in [1.54, 1.807) is 7.11 Å². The molecule has 0 aliphatic heterocycles. The Labute approximate surface area is 186 Å². The summed E-state index contributed by atoms with van der Waals surface area (Å²) in [7, 11) is 5.66. The van der Waals surface area contributed by atoms with Gasteiger partial charge in [-0.05, 0) is 69.9 Å². The second kappa shape index (κ2) is 9.45. The minimum absolute atomic E-state index is 0.0435. The second-order valence-corrected chi connectivity index (χ2v) is 8.31. The number of rotatable bonds is 7. The van der Waals surface area contributed by atoms with Crippen molar-refractivity contribution in [1.29, 1.82) is 0 Å². The fraction of sp³-hybridized carbons (Fsp3) is 0.304. The summed E-state index contributed by atoms with van der Waals surface area (Å²) in [6, 6.07) is 15.8. The number of methoxy groups -OCH3 is 1. The van der Waals surface area contributed by atoms with Gasteiger partial charge in [0.25, 0.3) is 5.91 Å². The van der Waals surface area contributed by atoms with Crippen molar-refractivity contribution in [3.63, 3.8) is 0 Å². The largest absolute Gasteiger partial charge is 0.497 e. The number of halogens is 1. The molecule has 1 atom stereocenters. The van der Waals surface area contributed by atoms with Crippen molar-refractivity contribution in [3.8, 4) is 11.4 Å². The first-order valence-corrected chi connectivity index (χ1v) is 10.5. The highest BCUT2D eigenvalue weighted by atomic mass is 79.9. The number of nitrogens with one attached hydrogen (secondary N) is 1. The number of nitrogens with zero attached hydrogens (tertiary/aromatic N) is 3. The third-order valence-electron chi connectivity index (χ3n) is 5.17. The number of carbonyl (C=O) groups is 1. The number of carbonyl (C=O) groups excluding carboxylic acids is 1. The molecule has 0 aliphatic carbocycles. The van der Waals surface area contributed by atoms with Crippen molar-refractivity contribution in [1.82, 2.24) is 20.0 Å². The molecule has 1 amide bonds. The quantitative estimate of drug-likeness (QED) is 0.559. The zero-order valence-corrected chi connectivity index (χ0v) is 19.5. The van der Waals surface area contributed by atoms with Crippen molar-refractivity contribution in [2.75, 3.05) is 27.7 Å². The Bertz CT molecular complexity index is 1010. The van der Waals surface area contributed by atoms with Crippen molar-refractivity contribution < 1.29 is 9.53 Å². The number of benzene rings is 2. The van der Waals surface area contributed by atoms with E-state index in [1.165, 1.54) is 0 Å². The average molecular weight is 471 g/mol. The molecule has 1 unspecified atom stereocenters. The van der Waals surface area contributed by atoms with E-state index < -0.39 is 0 Å². The third kappa shape index (κ3) is 4.74. The molecule has 3 rings (SSSR count). The SMILES string of the molecule is COc1ccc(C(CNC(=O)c2c(C)nn(-c3ccc(Br)cc3)c2C)N(C)C)cc1. The molecule has 2 aromatic carbocycles. The molecule has 3 aromatic rings. The molecule has 0 radical (unpaired) electrons. The minimum Gasteiger partial charge on any atom is -0.497 e. The van der Waals surface area contributed by atoms with Crippen LogP contribution in [0.1, 0.15) is 33.4 Å². The highest BCUT2D eigenvalue weighted by Gasteiger charge is 2.21. The van der Waals surface area contributed by atoms with Gasteiger partial charge in [0.05, 0.1) is 35.8 Å². The van der Waals surface area contributed by atoms with Gasteiger partial charge >= 0.3 is 0 Å². The Morgan fingerprint density at radius 1 is 1.13 bits per heavy atom. The third-order valence-corrected chi connectivity index (χ3v) is 5.70. The number of ether oxygens (including phenoxy) is 1. The van der Waals surface area contributed by atoms with E-state index in [-0.39, 0.29) is 11.9 Å². The van der Waals surface area contributed by atoms with Gasteiger partial charge in [-0.3, -0.25) is 4.79 Å². The van der Waals surface area contributed by atoms with Gasteiger partial charge in [-0.15, -0.1) is 0 Å². The summed E-state index contributed by atoms with van der Waals surface area (Å²) in [6.07, 6.45) is 0. The first-order chi connectivity index (χ1) is 14.3. The van der Waals surface area contributed by atoms with Gasteiger partial charge in [-0.2, -0.15) is 5.10 Å². The van der Waals surface area contributed by atoms with Gasteiger partial charge in [0.1, 0.15) is 5.75 Å². The zero-order chi connectivity index (χ0) is 21.8. The molecular weight excluding hydrogens is 444 g/mol. The summed E-state index contributed by atoms with van der Waals surface area (Å²) >= 11 is 3.45. The summed E-state index contributed by atoms with van der Waals surface area (Å²) in [5.41, 5.74) is 4.17. The lowest BCUT2D eigenvalue weighted by Crippen LogP contribution is -2.35. The first kappa shape index (κ1) is 22.1. The lowest BCUT2D eigenvalue weighted by molar-refractivity contribution is 0.0940. The molecule has 0 fully saturated rings. The van der Waals surface area contributed by atoms with Crippen LogP contribution in [-0.4, -0.2) is 48.3 Å². The predicted molar refractivity (Wildman–Crippen MR) is 122 cm³/mol. The Kier molecular flexibility index (Phi) is 6.95. The van der Waals surface area contributed by atoms with Gasteiger partial charge in [-0.1, -0.05) is 28.1 Å². The smallest absolute Gasteiger partial charge is 0.255 e. The molecule has 0 aliphatic rings. The molecule has 30 heavy (non-hydrogen) atoms. The minimum atomic E-state index is -0.117. The maximum Gasteiger partial charge on any atom is 0.255 e. The molecule has 1 N–H and O–H groups in total. The van der Waals surface area contributed by atoms with Crippen molar-refractivity contribution in [3.05, 3.63) is 75.5 Å². The van der Waals surface area contributed by atoms with Crippen LogP contribution in [0.2, 0.25) is 0 Å². The van der Waals surface area contributed by atoms with Crippen LogP contribution in [0, 0.1) is 13.8 Å². The molecule has 0 bridgehead atoms. The normalized spacial score (nSPS) is 12.1. The van der Waals surface area contributed by atoms with E-state index >= 15 is 0 Å². The molecule has 6 nitrogen and oxygen atoms in total. The fourth-order valence-electron chi connectivity index (χ4n) is 3.51. The van der Waals surface area contributed by atoms with E-state index in [0.717, 1.165) is 27.2 Å². The van der Waals surface area contributed by atoms with E-state index in [2.05, 4.69) is 31.2 Å². The summed E-state index contributed by atoms with van der Waals surface area (Å²) < 4.78 is 8.05.